The Balaban J connectivity index is 2.20. The summed E-state index contributed by atoms with van der Waals surface area (Å²) < 4.78 is 2.03. The zero-order valence-corrected chi connectivity index (χ0v) is 9.95. The van der Waals surface area contributed by atoms with Crippen molar-refractivity contribution in [3.63, 3.8) is 0 Å². The standard InChI is InChI=1S/C12H18N4/c1-9-11(7-14)10(2)16(15-9)8-12(3-4-12)5-6-13/h3-5,7-8,14H2,1-2H3. The van der Waals surface area contributed by atoms with Crippen molar-refractivity contribution in [1.82, 2.24) is 9.78 Å². The molecule has 1 aliphatic rings. The molecule has 2 N–H and O–H groups in total. The normalized spacial score (nSPS) is 17.1. The van der Waals surface area contributed by atoms with Gasteiger partial charge in [0.2, 0.25) is 0 Å². The van der Waals surface area contributed by atoms with Crippen molar-refractivity contribution in [1.29, 1.82) is 5.26 Å². The van der Waals surface area contributed by atoms with Crippen LogP contribution in [0.25, 0.3) is 0 Å². The molecule has 4 heteroatoms. The molecule has 0 unspecified atom stereocenters. The molecule has 0 atom stereocenters. The summed E-state index contributed by atoms with van der Waals surface area (Å²) in [5.41, 5.74) is 9.22. The van der Waals surface area contributed by atoms with Gasteiger partial charge in [-0.15, -0.1) is 0 Å². The number of aryl methyl sites for hydroxylation is 1. The second-order valence-corrected chi connectivity index (χ2v) is 4.85. The van der Waals surface area contributed by atoms with Gasteiger partial charge in [0.15, 0.2) is 0 Å². The molecule has 0 spiro atoms. The van der Waals surface area contributed by atoms with Crippen molar-refractivity contribution < 1.29 is 0 Å². The second-order valence-electron chi connectivity index (χ2n) is 4.85. The first-order chi connectivity index (χ1) is 7.62. The van der Waals surface area contributed by atoms with Crippen molar-refractivity contribution in [2.75, 3.05) is 0 Å². The highest BCUT2D eigenvalue weighted by Crippen LogP contribution is 2.50. The average Bonchev–Trinajstić information content (AvgIpc) is 2.92. The Labute approximate surface area is 96.0 Å². The van der Waals surface area contributed by atoms with E-state index in [4.69, 9.17) is 11.0 Å². The summed E-state index contributed by atoms with van der Waals surface area (Å²) in [4.78, 5) is 0. The van der Waals surface area contributed by atoms with Crippen molar-refractivity contribution in [2.24, 2.45) is 11.1 Å². The van der Waals surface area contributed by atoms with Crippen molar-refractivity contribution in [2.45, 2.75) is 46.2 Å². The zero-order valence-electron chi connectivity index (χ0n) is 9.95. The van der Waals surface area contributed by atoms with Crippen LogP contribution in [0.1, 0.15) is 36.2 Å². The second kappa shape index (κ2) is 3.91. The monoisotopic (exact) mass is 218 g/mol. The fourth-order valence-corrected chi connectivity index (χ4v) is 2.24. The first-order valence-corrected chi connectivity index (χ1v) is 5.72. The summed E-state index contributed by atoms with van der Waals surface area (Å²) >= 11 is 0. The molecule has 86 valence electrons. The third-order valence-electron chi connectivity index (χ3n) is 3.63. The number of aromatic nitrogens is 2. The zero-order chi connectivity index (χ0) is 11.8. The lowest BCUT2D eigenvalue weighted by Gasteiger charge is -2.12. The molecule has 1 aromatic rings. The summed E-state index contributed by atoms with van der Waals surface area (Å²) in [7, 11) is 0. The maximum atomic E-state index is 8.80. The molecule has 1 heterocycles. The lowest BCUT2D eigenvalue weighted by atomic mass is 10.0. The molecule has 0 radical (unpaired) electrons. The van der Waals surface area contributed by atoms with E-state index in [1.54, 1.807) is 0 Å². The minimum Gasteiger partial charge on any atom is -0.326 e. The van der Waals surface area contributed by atoms with E-state index >= 15 is 0 Å². The molecule has 0 aromatic carbocycles. The fourth-order valence-electron chi connectivity index (χ4n) is 2.24. The van der Waals surface area contributed by atoms with Crippen molar-refractivity contribution in [3.8, 4) is 6.07 Å². The van der Waals surface area contributed by atoms with Gasteiger partial charge < -0.3 is 5.73 Å². The average molecular weight is 218 g/mol. The quantitative estimate of drug-likeness (QED) is 0.835. The van der Waals surface area contributed by atoms with Crippen LogP contribution < -0.4 is 5.73 Å². The number of nitriles is 1. The molecule has 16 heavy (non-hydrogen) atoms. The van der Waals surface area contributed by atoms with Crippen LogP contribution in [0.5, 0.6) is 0 Å². The van der Waals surface area contributed by atoms with Crippen LogP contribution >= 0.6 is 0 Å². The van der Waals surface area contributed by atoms with E-state index in [9.17, 15) is 0 Å². The Morgan fingerprint density at radius 2 is 2.19 bits per heavy atom. The molecule has 1 aromatic heterocycles. The maximum absolute atomic E-state index is 8.80. The highest BCUT2D eigenvalue weighted by Gasteiger charge is 2.43. The van der Waals surface area contributed by atoms with Crippen molar-refractivity contribution in [3.05, 3.63) is 17.0 Å². The Morgan fingerprint density at radius 3 is 2.62 bits per heavy atom. The SMILES string of the molecule is Cc1nn(CC2(CC#N)CC2)c(C)c1CN. The molecule has 1 aliphatic carbocycles. The predicted octanol–water partition coefficient (Wildman–Crippen LogP) is 1.65. The lowest BCUT2D eigenvalue weighted by molar-refractivity contribution is 0.398. The first kappa shape index (κ1) is 11.2. The molecule has 1 fully saturated rings. The van der Waals surface area contributed by atoms with Gasteiger partial charge >= 0.3 is 0 Å². The van der Waals surface area contributed by atoms with Gasteiger partial charge in [-0.2, -0.15) is 10.4 Å². The third-order valence-corrected chi connectivity index (χ3v) is 3.63. The minimum atomic E-state index is 0.198. The fraction of sp³-hybridized carbons (Fsp3) is 0.667. The third kappa shape index (κ3) is 1.83. The van der Waals surface area contributed by atoms with E-state index in [1.165, 1.54) is 0 Å². The van der Waals surface area contributed by atoms with Gasteiger partial charge in [0.1, 0.15) is 0 Å². The summed E-state index contributed by atoms with van der Waals surface area (Å²) in [6, 6.07) is 2.28. The van der Waals surface area contributed by atoms with Gasteiger partial charge in [-0.1, -0.05) is 0 Å². The smallest absolute Gasteiger partial charge is 0.0641 e. The maximum Gasteiger partial charge on any atom is 0.0641 e. The Hall–Kier alpha value is -1.34. The summed E-state index contributed by atoms with van der Waals surface area (Å²) in [6.45, 7) is 5.47. The molecule has 0 saturated heterocycles. The van der Waals surface area contributed by atoms with Gasteiger partial charge in [-0.05, 0) is 26.7 Å². The highest BCUT2D eigenvalue weighted by molar-refractivity contribution is 5.24. The molecule has 1 saturated carbocycles. The van der Waals surface area contributed by atoms with E-state index in [1.807, 2.05) is 11.6 Å². The Kier molecular flexibility index (Phi) is 2.73. The molecular formula is C12H18N4. The number of nitrogens with two attached hydrogens (primary N) is 1. The van der Waals surface area contributed by atoms with E-state index in [-0.39, 0.29) is 5.41 Å². The van der Waals surface area contributed by atoms with Gasteiger partial charge in [0.05, 0.1) is 11.8 Å². The molecule has 0 amide bonds. The van der Waals surface area contributed by atoms with Crippen LogP contribution in [-0.2, 0) is 13.1 Å². The molecule has 0 bridgehead atoms. The molecule has 4 nitrogen and oxygen atoms in total. The first-order valence-electron chi connectivity index (χ1n) is 5.72. The van der Waals surface area contributed by atoms with Gasteiger partial charge in [0.25, 0.3) is 0 Å². The van der Waals surface area contributed by atoms with Gasteiger partial charge in [-0.25, -0.2) is 0 Å². The minimum absolute atomic E-state index is 0.198. The lowest BCUT2D eigenvalue weighted by Crippen LogP contribution is -2.14. The number of nitrogens with zero attached hydrogens (tertiary/aromatic N) is 3. The Morgan fingerprint density at radius 1 is 1.50 bits per heavy atom. The predicted molar refractivity (Wildman–Crippen MR) is 61.5 cm³/mol. The number of rotatable bonds is 4. The van der Waals surface area contributed by atoms with E-state index in [0.717, 1.165) is 36.3 Å². The van der Waals surface area contributed by atoms with Crippen LogP contribution in [0.2, 0.25) is 0 Å². The van der Waals surface area contributed by atoms with E-state index in [2.05, 4.69) is 18.1 Å². The van der Waals surface area contributed by atoms with Crippen LogP contribution in [-0.4, -0.2) is 9.78 Å². The number of hydrogen-bond acceptors (Lipinski definition) is 3. The summed E-state index contributed by atoms with van der Waals surface area (Å²) in [6.07, 6.45) is 2.94. The molecule has 0 aliphatic heterocycles. The van der Waals surface area contributed by atoms with Crippen LogP contribution in [0.3, 0.4) is 0 Å². The van der Waals surface area contributed by atoms with Crippen LogP contribution in [0, 0.1) is 30.6 Å². The summed E-state index contributed by atoms with van der Waals surface area (Å²) in [5, 5.41) is 13.3. The topological polar surface area (TPSA) is 67.6 Å². The largest absolute Gasteiger partial charge is 0.326 e. The van der Waals surface area contributed by atoms with Crippen LogP contribution in [0.15, 0.2) is 0 Å². The van der Waals surface area contributed by atoms with Crippen molar-refractivity contribution >= 4 is 0 Å². The van der Waals surface area contributed by atoms with E-state index < -0.39 is 0 Å². The van der Waals surface area contributed by atoms with E-state index in [0.29, 0.717) is 13.0 Å². The van der Waals surface area contributed by atoms with Crippen LogP contribution in [0.4, 0.5) is 0 Å². The summed E-state index contributed by atoms with van der Waals surface area (Å²) in [5.74, 6) is 0. The van der Waals surface area contributed by atoms with Gasteiger partial charge in [-0.3, -0.25) is 4.68 Å². The molecular weight excluding hydrogens is 200 g/mol. The molecule has 2 rings (SSSR count). The highest BCUT2D eigenvalue weighted by atomic mass is 15.3. The Bertz CT molecular complexity index is 435. The van der Waals surface area contributed by atoms with Gasteiger partial charge in [0, 0.05) is 36.2 Å². The number of hydrogen-bond donors (Lipinski definition) is 1.